The monoisotopic (exact) mass is 471 g/mol. The number of halogens is 4. The van der Waals surface area contributed by atoms with E-state index >= 15 is 8.78 Å². The van der Waals surface area contributed by atoms with Gasteiger partial charge in [0.2, 0.25) is 0 Å². The number of piperidine rings is 1. The van der Waals surface area contributed by atoms with Crippen LogP contribution >= 0.6 is 11.6 Å². The number of benzene rings is 2. The van der Waals surface area contributed by atoms with Gasteiger partial charge in [-0.3, -0.25) is 0 Å². The van der Waals surface area contributed by atoms with Crippen LogP contribution in [0, 0.1) is 23.1 Å². The Bertz CT molecular complexity index is 1250. The lowest BCUT2D eigenvalue weighted by atomic mass is 9.86. The lowest BCUT2D eigenvalue weighted by Crippen LogP contribution is -2.40. The highest BCUT2D eigenvalue weighted by molar-refractivity contribution is 6.30. The van der Waals surface area contributed by atoms with E-state index in [1.54, 1.807) is 18.2 Å². The molecule has 0 unspecified atom stereocenters. The van der Waals surface area contributed by atoms with Gasteiger partial charge in [-0.05, 0) is 62.1 Å². The Hall–Kier alpha value is -3.05. The van der Waals surface area contributed by atoms with Crippen LogP contribution in [0.4, 0.5) is 24.8 Å². The minimum absolute atomic E-state index is 0.0856. The zero-order chi connectivity index (χ0) is 23.2. The van der Waals surface area contributed by atoms with Gasteiger partial charge >= 0.3 is 0 Å². The molecule has 0 atom stereocenters. The van der Waals surface area contributed by atoms with Gasteiger partial charge in [-0.15, -0.1) is 0 Å². The standard InChI is InChI=1S/C24H21ClF3N5/c25-16-2-5-19(26)18(12-16)24(27,28)15-7-9-33(10-8-15)23-22(30-17-3-4-17)31-20-6-1-14(13-29)11-21(20)32-23/h1-2,5-6,11-12,15,17H,3-4,7-10H2,(H,30,31). The second kappa shape index (κ2) is 8.38. The highest BCUT2D eigenvalue weighted by Gasteiger charge is 2.45. The van der Waals surface area contributed by atoms with Crippen molar-refractivity contribution >= 4 is 34.3 Å². The zero-order valence-corrected chi connectivity index (χ0v) is 18.4. The number of anilines is 2. The van der Waals surface area contributed by atoms with Gasteiger partial charge in [-0.2, -0.15) is 5.26 Å². The Kier molecular flexibility index (Phi) is 5.53. The second-order valence-corrected chi connectivity index (χ2v) is 9.07. The molecule has 2 aliphatic rings. The number of nitrogens with one attached hydrogen (secondary N) is 1. The fourth-order valence-electron chi connectivity index (χ4n) is 4.28. The molecule has 1 saturated carbocycles. The van der Waals surface area contributed by atoms with Gasteiger partial charge in [0.1, 0.15) is 5.82 Å². The van der Waals surface area contributed by atoms with Crippen molar-refractivity contribution in [1.29, 1.82) is 5.26 Å². The molecule has 1 aliphatic carbocycles. The summed E-state index contributed by atoms with van der Waals surface area (Å²) >= 11 is 5.85. The van der Waals surface area contributed by atoms with Crippen LogP contribution in [0.1, 0.15) is 36.8 Å². The molecule has 33 heavy (non-hydrogen) atoms. The molecule has 5 nitrogen and oxygen atoms in total. The fraction of sp³-hybridized carbons (Fsp3) is 0.375. The van der Waals surface area contributed by atoms with Crippen LogP contribution in [-0.4, -0.2) is 29.1 Å². The summed E-state index contributed by atoms with van der Waals surface area (Å²) in [5.74, 6) is -4.06. The third kappa shape index (κ3) is 4.30. The fourth-order valence-corrected chi connectivity index (χ4v) is 4.45. The van der Waals surface area contributed by atoms with Crippen molar-refractivity contribution in [2.45, 2.75) is 37.6 Å². The Morgan fingerprint density at radius 2 is 1.79 bits per heavy atom. The predicted molar refractivity (Wildman–Crippen MR) is 121 cm³/mol. The van der Waals surface area contributed by atoms with E-state index in [9.17, 15) is 9.65 Å². The largest absolute Gasteiger partial charge is 0.364 e. The molecule has 0 radical (unpaired) electrons. The molecule has 2 aromatic carbocycles. The van der Waals surface area contributed by atoms with Crippen LogP contribution in [0.3, 0.4) is 0 Å². The van der Waals surface area contributed by atoms with Gasteiger partial charge in [-0.25, -0.2) is 23.1 Å². The third-order valence-electron chi connectivity index (χ3n) is 6.29. The normalized spacial score (nSPS) is 17.2. The van der Waals surface area contributed by atoms with Crippen molar-refractivity contribution in [2.75, 3.05) is 23.3 Å². The van der Waals surface area contributed by atoms with Gasteiger partial charge in [0.05, 0.1) is 28.2 Å². The van der Waals surface area contributed by atoms with Gasteiger partial charge in [0, 0.05) is 30.1 Å². The molecule has 0 amide bonds. The van der Waals surface area contributed by atoms with Gasteiger partial charge in [-0.1, -0.05) is 11.6 Å². The molecule has 2 fully saturated rings. The number of nitriles is 1. The number of hydrogen-bond donors (Lipinski definition) is 1. The quantitative estimate of drug-likeness (QED) is 0.503. The Morgan fingerprint density at radius 1 is 1.03 bits per heavy atom. The highest BCUT2D eigenvalue weighted by Crippen LogP contribution is 2.44. The molecule has 0 bridgehead atoms. The topological polar surface area (TPSA) is 64.8 Å². The van der Waals surface area contributed by atoms with E-state index in [2.05, 4.69) is 11.4 Å². The van der Waals surface area contributed by atoms with E-state index in [0.29, 0.717) is 47.4 Å². The van der Waals surface area contributed by atoms with Crippen LogP contribution in [-0.2, 0) is 5.92 Å². The summed E-state index contributed by atoms with van der Waals surface area (Å²) in [6, 6.07) is 10.8. The average Bonchev–Trinajstić information content (AvgIpc) is 3.64. The van der Waals surface area contributed by atoms with Crippen molar-refractivity contribution in [1.82, 2.24) is 9.97 Å². The lowest BCUT2D eigenvalue weighted by Gasteiger charge is -2.37. The molecule has 170 valence electrons. The summed E-state index contributed by atoms with van der Waals surface area (Å²) in [5.41, 5.74) is 1.07. The maximum atomic E-state index is 15.2. The van der Waals surface area contributed by atoms with E-state index in [-0.39, 0.29) is 17.9 Å². The first-order valence-electron chi connectivity index (χ1n) is 10.9. The number of rotatable bonds is 5. The highest BCUT2D eigenvalue weighted by atomic mass is 35.5. The Morgan fingerprint density at radius 3 is 2.48 bits per heavy atom. The minimum atomic E-state index is -3.33. The first-order valence-corrected chi connectivity index (χ1v) is 11.3. The second-order valence-electron chi connectivity index (χ2n) is 8.64. The van der Waals surface area contributed by atoms with Crippen LogP contribution in [0.5, 0.6) is 0 Å². The summed E-state index contributed by atoms with van der Waals surface area (Å²) < 4.78 is 44.5. The molecule has 0 spiro atoms. The average molecular weight is 472 g/mol. The number of aromatic nitrogens is 2. The van der Waals surface area contributed by atoms with Gasteiger partial charge in [0.25, 0.3) is 5.92 Å². The van der Waals surface area contributed by atoms with Crippen LogP contribution < -0.4 is 10.2 Å². The first kappa shape index (κ1) is 21.8. The molecule has 1 saturated heterocycles. The van der Waals surface area contributed by atoms with Gasteiger partial charge < -0.3 is 10.2 Å². The summed E-state index contributed by atoms with van der Waals surface area (Å²) in [4.78, 5) is 11.4. The maximum absolute atomic E-state index is 15.2. The molecule has 1 aliphatic heterocycles. The van der Waals surface area contributed by atoms with Crippen molar-refractivity contribution < 1.29 is 13.2 Å². The van der Waals surface area contributed by atoms with Crippen molar-refractivity contribution in [3.8, 4) is 6.07 Å². The summed E-state index contributed by atoms with van der Waals surface area (Å²) in [6.45, 7) is 0.666. The van der Waals surface area contributed by atoms with Crippen molar-refractivity contribution in [3.63, 3.8) is 0 Å². The number of hydrogen-bond acceptors (Lipinski definition) is 5. The number of alkyl halides is 2. The smallest absolute Gasteiger partial charge is 0.279 e. The molecule has 1 aromatic heterocycles. The molecule has 9 heteroatoms. The molecule has 3 aromatic rings. The van der Waals surface area contributed by atoms with Crippen molar-refractivity contribution in [3.05, 3.63) is 58.4 Å². The Labute approximate surface area is 194 Å². The number of fused-ring (bicyclic) bond motifs is 1. The Balaban J connectivity index is 1.41. The van der Waals surface area contributed by atoms with E-state index < -0.39 is 23.2 Å². The van der Waals surface area contributed by atoms with Crippen LogP contribution in [0.15, 0.2) is 36.4 Å². The van der Waals surface area contributed by atoms with E-state index in [0.717, 1.165) is 25.0 Å². The van der Waals surface area contributed by atoms with Gasteiger partial charge in [0.15, 0.2) is 11.6 Å². The van der Waals surface area contributed by atoms with E-state index in [1.807, 2.05) is 4.90 Å². The predicted octanol–water partition coefficient (Wildman–Crippen LogP) is 5.88. The maximum Gasteiger partial charge on any atom is 0.279 e. The number of nitrogens with zero attached hydrogens (tertiary/aromatic N) is 4. The third-order valence-corrected chi connectivity index (χ3v) is 6.52. The minimum Gasteiger partial charge on any atom is -0.364 e. The van der Waals surface area contributed by atoms with Crippen LogP contribution in [0.25, 0.3) is 11.0 Å². The van der Waals surface area contributed by atoms with E-state index in [4.69, 9.17) is 21.6 Å². The zero-order valence-electron chi connectivity index (χ0n) is 17.7. The lowest BCUT2D eigenvalue weighted by molar-refractivity contribution is -0.0761. The molecule has 5 rings (SSSR count). The molecular formula is C24H21ClF3N5. The van der Waals surface area contributed by atoms with Crippen LogP contribution in [0.2, 0.25) is 5.02 Å². The van der Waals surface area contributed by atoms with E-state index in [1.165, 1.54) is 6.07 Å². The summed E-state index contributed by atoms with van der Waals surface area (Å²) in [7, 11) is 0. The summed E-state index contributed by atoms with van der Waals surface area (Å²) in [5, 5.41) is 12.7. The SMILES string of the molecule is N#Cc1ccc2nc(NC3CC3)c(N3CCC(C(F)(F)c4cc(Cl)ccc4F)CC3)nc2c1. The van der Waals surface area contributed by atoms with Crippen molar-refractivity contribution in [2.24, 2.45) is 5.92 Å². The summed E-state index contributed by atoms with van der Waals surface area (Å²) in [6.07, 6.45) is 2.43. The molecular weight excluding hydrogens is 451 g/mol. The molecule has 2 heterocycles. The first-order chi connectivity index (χ1) is 15.8. The molecule has 1 N–H and O–H groups in total.